The van der Waals surface area contributed by atoms with Crippen LogP contribution in [0, 0.1) is 0 Å². The molecule has 5 rings (SSSR count). The van der Waals surface area contributed by atoms with Gasteiger partial charge < -0.3 is 4.74 Å². The normalized spacial score (nSPS) is 15.3. The minimum Gasteiger partial charge on any atom is -0.497 e. The Morgan fingerprint density at radius 2 is 1.67 bits per heavy atom. The van der Waals surface area contributed by atoms with Crippen LogP contribution >= 0.6 is 11.6 Å². The molecule has 0 bridgehead atoms. The van der Waals surface area contributed by atoms with Crippen molar-refractivity contribution in [3.05, 3.63) is 101 Å². The molecule has 0 fully saturated rings. The van der Waals surface area contributed by atoms with Gasteiger partial charge in [-0.25, -0.2) is 0 Å². The van der Waals surface area contributed by atoms with Crippen LogP contribution in [0.2, 0.25) is 5.02 Å². The maximum Gasteiger partial charge on any atom is 0.277 e. The first kappa shape index (κ1) is 18.5. The molecule has 1 atom stereocenters. The fraction of sp³-hybridized carbons (Fsp3) is 0.0833. The smallest absolute Gasteiger partial charge is 0.277 e. The molecular weight excluding hydrogens is 398 g/mol. The lowest BCUT2D eigenvalue weighted by Crippen LogP contribution is -2.29. The van der Waals surface area contributed by atoms with E-state index in [1.165, 1.54) is 0 Å². The topological polar surface area (TPSA) is 58.2 Å². The van der Waals surface area contributed by atoms with E-state index in [0.29, 0.717) is 10.7 Å². The highest BCUT2D eigenvalue weighted by atomic mass is 35.5. The van der Waals surface area contributed by atoms with E-state index in [4.69, 9.17) is 16.3 Å². The van der Waals surface area contributed by atoms with Gasteiger partial charge in [-0.05, 0) is 42.0 Å². The second-order valence-electron chi connectivity index (χ2n) is 7.05. The van der Waals surface area contributed by atoms with Crippen LogP contribution in [0.4, 0.5) is 5.69 Å². The third-order valence-corrected chi connectivity index (χ3v) is 5.60. The van der Waals surface area contributed by atoms with Crippen molar-refractivity contribution in [2.24, 2.45) is 0 Å². The Bertz CT molecular complexity index is 1200. The lowest BCUT2D eigenvalue weighted by atomic mass is 9.96. The van der Waals surface area contributed by atoms with E-state index in [2.05, 4.69) is 10.2 Å². The standard InChI is InChI=1S/C24H18ClN3O2/c1-30-19-13-7-16(8-14-19)23-20-21(15-5-3-2-4-6-15)26-27-22(20)24(29)28(23)18-11-9-17(25)10-12-18/h2-14,23H,1H3,(H,26,27)/t23-/m1/s1. The average molecular weight is 416 g/mol. The van der Waals surface area contributed by atoms with E-state index < -0.39 is 0 Å². The first-order chi connectivity index (χ1) is 14.7. The number of fused-ring (bicyclic) bond motifs is 1. The molecule has 148 valence electrons. The molecule has 0 unspecified atom stereocenters. The summed E-state index contributed by atoms with van der Waals surface area (Å²) in [4.78, 5) is 15.2. The minimum atomic E-state index is -0.325. The third-order valence-electron chi connectivity index (χ3n) is 5.35. The summed E-state index contributed by atoms with van der Waals surface area (Å²) in [6.07, 6.45) is 0. The second kappa shape index (κ2) is 7.35. The number of amides is 1. The van der Waals surface area contributed by atoms with Crippen LogP contribution in [0.25, 0.3) is 11.3 Å². The van der Waals surface area contributed by atoms with Crippen molar-refractivity contribution in [3.8, 4) is 17.0 Å². The molecule has 0 spiro atoms. The lowest BCUT2D eigenvalue weighted by Gasteiger charge is -2.26. The zero-order valence-corrected chi connectivity index (χ0v) is 16.9. The number of rotatable bonds is 4. The minimum absolute atomic E-state index is 0.122. The molecule has 4 aromatic rings. The lowest BCUT2D eigenvalue weighted by molar-refractivity contribution is 0.0989. The molecule has 6 heteroatoms. The van der Waals surface area contributed by atoms with Gasteiger partial charge >= 0.3 is 0 Å². The first-order valence-corrected chi connectivity index (χ1v) is 9.92. The fourth-order valence-electron chi connectivity index (χ4n) is 3.93. The summed E-state index contributed by atoms with van der Waals surface area (Å²) in [7, 11) is 1.63. The van der Waals surface area contributed by atoms with Crippen molar-refractivity contribution in [1.29, 1.82) is 0 Å². The van der Waals surface area contributed by atoms with Crippen molar-refractivity contribution < 1.29 is 9.53 Å². The van der Waals surface area contributed by atoms with Crippen LogP contribution in [0.15, 0.2) is 78.9 Å². The number of nitrogens with one attached hydrogen (secondary N) is 1. The van der Waals surface area contributed by atoms with E-state index in [-0.39, 0.29) is 11.9 Å². The molecule has 1 N–H and O–H groups in total. The number of hydrogen-bond acceptors (Lipinski definition) is 3. The Morgan fingerprint density at radius 1 is 0.967 bits per heavy atom. The molecule has 1 aliphatic heterocycles. The molecule has 3 aromatic carbocycles. The maximum absolute atomic E-state index is 13.4. The molecule has 0 radical (unpaired) electrons. The zero-order chi connectivity index (χ0) is 20.7. The highest BCUT2D eigenvalue weighted by molar-refractivity contribution is 6.30. The number of carbonyl (C=O) groups excluding carboxylic acids is 1. The Morgan fingerprint density at radius 3 is 2.33 bits per heavy atom. The van der Waals surface area contributed by atoms with Gasteiger partial charge in [0.25, 0.3) is 5.91 Å². The number of aromatic amines is 1. The molecule has 1 amide bonds. The SMILES string of the molecule is COc1ccc([C@@H]2c3c(-c4ccccc4)n[nH]c3C(=O)N2c2ccc(Cl)cc2)cc1. The molecule has 1 aliphatic rings. The second-order valence-corrected chi connectivity index (χ2v) is 7.49. The summed E-state index contributed by atoms with van der Waals surface area (Å²) in [6.45, 7) is 0. The molecule has 30 heavy (non-hydrogen) atoms. The summed E-state index contributed by atoms with van der Waals surface area (Å²) < 4.78 is 5.31. The molecule has 5 nitrogen and oxygen atoms in total. The summed E-state index contributed by atoms with van der Waals surface area (Å²) in [5, 5.41) is 8.09. The quantitative estimate of drug-likeness (QED) is 0.479. The molecule has 1 aromatic heterocycles. The van der Waals surface area contributed by atoms with Gasteiger partial charge in [-0.15, -0.1) is 0 Å². The van der Waals surface area contributed by atoms with E-state index in [9.17, 15) is 4.79 Å². The number of hydrogen-bond donors (Lipinski definition) is 1. The van der Waals surface area contributed by atoms with Gasteiger partial charge in [0.15, 0.2) is 0 Å². The van der Waals surface area contributed by atoms with Crippen LogP contribution in [0.1, 0.15) is 27.7 Å². The summed E-state index contributed by atoms with van der Waals surface area (Å²) in [6, 6.07) is 24.6. The Labute approximate surface area is 178 Å². The van der Waals surface area contributed by atoms with E-state index in [1.807, 2.05) is 66.7 Å². The molecule has 0 aliphatic carbocycles. The Kier molecular flexibility index (Phi) is 4.52. The average Bonchev–Trinajstić information content (AvgIpc) is 3.34. The van der Waals surface area contributed by atoms with Crippen LogP contribution in [0.3, 0.4) is 0 Å². The van der Waals surface area contributed by atoms with Crippen molar-refractivity contribution in [1.82, 2.24) is 10.2 Å². The zero-order valence-electron chi connectivity index (χ0n) is 16.2. The van der Waals surface area contributed by atoms with Gasteiger partial charge in [-0.1, -0.05) is 54.1 Å². The van der Waals surface area contributed by atoms with Gasteiger partial charge in [0.2, 0.25) is 0 Å². The van der Waals surface area contributed by atoms with Crippen molar-refractivity contribution >= 4 is 23.2 Å². The number of nitrogens with zero attached hydrogens (tertiary/aromatic N) is 2. The number of ether oxygens (including phenoxy) is 1. The van der Waals surface area contributed by atoms with Crippen LogP contribution in [0.5, 0.6) is 5.75 Å². The van der Waals surface area contributed by atoms with Crippen LogP contribution < -0.4 is 9.64 Å². The van der Waals surface area contributed by atoms with Gasteiger partial charge in [0.05, 0.1) is 18.8 Å². The largest absolute Gasteiger partial charge is 0.497 e. The van der Waals surface area contributed by atoms with Crippen molar-refractivity contribution in [2.45, 2.75) is 6.04 Å². The van der Waals surface area contributed by atoms with Gasteiger partial charge in [-0.3, -0.25) is 14.8 Å². The van der Waals surface area contributed by atoms with Gasteiger partial charge in [0.1, 0.15) is 11.4 Å². The van der Waals surface area contributed by atoms with E-state index in [0.717, 1.165) is 33.8 Å². The molecule has 0 saturated carbocycles. The van der Waals surface area contributed by atoms with E-state index in [1.54, 1.807) is 24.1 Å². The monoisotopic (exact) mass is 415 g/mol. The van der Waals surface area contributed by atoms with Crippen molar-refractivity contribution in [2.75, 3.05) is 12.0 Å². The van der Waals surface area contributed by atoms with Gasteiger partial charge in [-0.2, -0.15) is 5.10 Å². The predicted octanol–water partition coefficient (Wildman–Crippen LogP) is 5.49. The van der Waals surface area contributed by atoms with Gasteiger partial charge in [0, 0.05) is 21.8 Å². The summed E-state index contributed by atoms with van der Waals surface area (Å²) >= 11 is 6.08. The molecular formula is C24H18ClN3O2. The summed E-state index contributed by atoms with van der Waals surface area (Å²) in [5.41, 5.74) is 4.84. The highest BCUT2D eigenvalue weighted by Gasteiger charge is 2.43. The van der Waals surface area contributed by atoms with E-state index >= 15 is 0 Å². The Hall–Kier alpha value is -3.57. The number of methoxy groups -OCH3 is 1. The first-order valence-electron chi connectivity index (χ1n) is 9.54. The van der Waals surface area contributed by atoms with Crippen LogP contribution in [-0.4, -0.2) is 23.2 Å². The fourth-order valence-corrected chi connectivity index (χ4v) is 4.06. The van der Waals surface area contributed by atoms with Crippen molar-refractivity contribution in [3.63, 3.8) is 0 Å². The molecule has 2 heterocycles. The Balaban J connectivity index is 1.70. The number of benzene rings is 3. The number of carbonyl (C=O) groups is 1. The number of aromatic nitrogens is 2. The number of anilines is 1. The predicted molar refractivity (Wildman–Crippen MR) is 117 cm³/mol. The number of H-pyrrole nitrogens is 1. The summed E-state index contributed by atoms with van der Waals surface area (Å²) in [5.74, 6) is 0.639. The highest BCUT2D eigenvalue weighted by Crippen LogP contribution is 2.45. The number of halogens is 1. The van der Waals surface area contributed by atoms with Crippen LogP contribution in [-0.2, 0) is 0 Å². The third kappa shape index (κ3) is 2.95. The maximum atomic E-state index is 13.4. The molecule has 0 saturated heterocycles.